The Hall–Kier alpha value is -1.07. The SMILES string of the molecule is CC1(O)CC(CN)(c2ccccc2C(F)(F)F)C1. The lowest BCUT2D eigenvalue weighted by atomic mass is 9.56. The standard InChI is InChI=1S/C13H16F3NO/c1-11(18)6-12(7-11,8-17)9-4-2-3-5-10(9)13(14,15)16/h2-5,18H,6-8,17H2,1H3. The minimum atomic E-state index is -4.39. The minimum absolute atomic E-state index is 0.107. The Morgan fingerprint density at radius 1 is 1.28 bits per heavy atom. The fraction of sp³-hybridized carbons (Fsp3) is 0.538. The summed E-state index contributed by atoms with van der Waals surface area (Å²) in [5.74, 6) is 0. The van der Waals surface area contributed by atoms with Gasteiger partial charge in [-0.2, -0.15) is 13.2 Å². The second-order valence-corrected chi connectivity index (χ2v) is 5.38. The molecular formula is C13H16F3NO. The Balaban J connectivity index is 2.45. The van der Waals surface area contributed by atoms with Gasteiger partial charge in [0.2, 0.25) is 0 Å². The quantitative estimate of drug-likeness (QED) is 0.857. The van der Waals surface area contributed by atoms with Crippen LogP contribution in [0.15, 0.2) is 24.3 Å². The van der Waals surface area contributed by atoms with Crippen molar-refractivity contribution in [2.24, 2.45) is 5.73 Å². The number of alkyl halides is 3. The molecule has 1 fully saturated rings. The van der Waals surface area contributed by atoms with E-state index in [-0.39, 0.29) is 24.9 Å². The van der Waals surface area contributed by atoms with Gasteiger partial charge in [-0.3, -0.25) is 0 Å². The molecule has 100 valence electrons. The molecule has 0 amide bonds. The van der Waals surface area contributed by atoms with Crippen molar-refractivity contribution in [3.63, 3.8) is 0 Å². The van der Waals surface area contributed by atoms with Gasteiger partial charge in [-0.05, 0) is 31.4 Å². The van der Waals surface area contributed by atoms with Crippen molar-refractivity contribution in [3.8, 4) is 0 Å². The maximum atomic E-state index is 13.0. The van der Waals surface area contributed by atoms with Gasteiger partial charge in [0.1, 0.15) is 0 Å². The molecule has 0 aliphatic heterocycles. The first-order valence-electron chi connectivity index (χ1n) is 5.79. The van der Waals surface area contributed by atoms with E-state index in [1.165, 1.54) is 12.1 Å². The molecule has 0 heterocycles. The summed E-state index contributed by atoms with van der Waals surface area (Å²) in [4.78, 5) is 0. The van der Waals surface area contributed by atoms with E-state index >= 15 is 0 Å². The van der Waals surface area contributed by atoms with E-state index in [9.17, 15) is 18.3 Å². The lowest BCUT2D eigenvalue weighted by Gasteiger charge is -2.52. The molecule has 2 nitrogen and oxygen atoms in total. The topological polar surface area (TPSA) is 46.2 Å². The van der Waals surface area contributed by atoms with Gasteiger partial charge >= 0.3 is 6.18 Å². The zero-order chi connectivity index (χ0) is 13.6. The van der Waals surface area contributed by atoms with Gasteiger partial charge in [-0.1, -0.05) is 18.2 Å². The van der Waals surface area contributed by atoms with Crippen LogP contribution in [0.2, 0.25) is 0 Å². The van der Waals surface area contributed by atoms with Crippen molar-refractivity contribution >= 4 is 0 Å². The van der Waals surface area contributed by atoms with Crippen LogP contribution in [0.3, 0.4) is 0 Å². The van der Waals surface area contributed by atoms with Gasteiger partial charge in [-0.15, -0.1) is 0 Å². The van der Waals surface area contributed by atoms with E-state index in [1.54, 1.807) is 13.0 Å². The Labute approximate surface area is 104 Å². The first kappa shape index (κ1) is 13.4. The zero-order valence-corrected chi connectivity index (χ0v) is 10.1. The zero-order valence-electron chi connectivity index (χ0n) is 10.1. The molecular weight excluding hydrogens is 243 g/mol. The van der Waals surface area contributed by atoms with Crippen molar-refractivity contribution in [1.29, 1.82) is 0 Å². The Morgan fingerprint density at radius 2 is 1.83 bits per heavy atom. The average molecular weight is 259 g/mol. The summed E-state index contributed by atoms with van der Waals surface area (Å²) in [5, 5.41) is 9.80. The van der Waals surface area contributed by atoms with Gasteiger partial charge in [0.15, 0.2) is 0 Å². The number of aliphatic hydroxyl groups is 1. The largest absolute Gasteiger partial charge is 0.416 e. The average Bonchev–Trinajstić information content (AvgIpc) is 2.24. The number of nitrogens with two attached hydrogens (primary N) is 1. The highest BCUT2D eigenvalue weighted by atomic mass is 19.4. The second-order valence-electron chi connectivity index (χ2n) is 5.38. The van der Waals surface area contributed by atoms with Crippen LogP contribution in [0, 0.1) is 0 Å². The number of hydrogen-bond donors (Lipinski definition) is 2. The first-order valence-corrected chi connectivity index (χ1v) is 5.79. The summed E-state index contributed by atoms with van der Waals surface area (Å²) in [7, 11) is 0. The van der Waals surface area contributed by atoms with Gasteiger partial charge in [0.25, 0.3) is 0 Å². The van der Waals surface area contributed by atoms with Gasteiger partial charge < -0.3 is 10.8 Å². The summed E-state index contributed by atoms with van der Waals surface area (Å²) in [6.07, 6.45) is -3.85. The van der Waals surface area contributed by atoms with E-state index in [2.05, 4.69) is 0 Å². The van der Waals surface area contributed by atoms with Gasteiger partial charge in [0, 0.05) is 12.0 Å². The highest BCUT2D eigenvalue weighted by molar-refractivity contribution is 5.40. The van der Waals surface area contributed by atoms with Crippen LogP contribution in [0.1, 0.15) is 30.9 Å². The molecule has 3 N–H and O–H groups in total. The van der Waals surface area contributed by atoms with E-state index in [4.69, 9.17) is 5.73 Å². The predicted octanol–water partition coefficient (Wildman–Crippen LogP) is 2.45. The molecule has 1 aliphatic carbocycles. The van der Waals surface area contributed by atoms with Crippen molar-refractivity contribution < 1.29 is 18.3 Å². The third-order valence-corrected chi connectivity index (χ3v) is 3.63. The number of benzene rings is 1. The molecule has 0 aromatic heterocycles. The highest BCUT2D eigenvalue weighted by Crippen LogP contribution is 2.52. The van der Waals surface area contributed by atoms with Crippen molar-refractivity contribution in [1.82, 2.24) is 0 Å². The van der Waals surface area contributed by atoms with Crippen LogP contribution < -0.4 is 5.73 Å². The van der Waals surface area contributed by atoms with E-state index < -0.39 is 22.8 Å². The number of hydrogen-bond acceptors (Lipinski definition) is 2. The summed E-state index contributed by atoms with van der Waals surface area (Å²) < 4.78 is 38.9. The van der Waals surface area contributed by atoms with Crippen molar-refractivity contribution in [2.45, 2.75) is 37.0 Å². The van der Waals surface area contributed by atoms with Crippen molar-refractivity contribution in [3.05, 3.63) is 35.4 Å². The molecule has 1 aromatic rings. The van der Waals surface area contributed by atoms with Crippen molar-refractivity contribution in [2.75, 3.05) is 6.54 Å². The fourth-order valence-corrected chi connectivity index (χ4v) is 3.04. The fourth-order valence-electron chi connectivity index (χ4n) is 3.04. The molecule has 0 spiro atoms. The van der Waals surface area contributed by atoms with Crippen LogP contribution in [0.25, 0.3) is 0 Å². The third kappa shape index (κ3) is 2.12. The van der Waals surface area contributed by atoms with Crippen LogP contribution in [0.5, 0.6) is 0 Å². The molecule has 0 unspecified atom stereocenters. The minimum Gasteiger partial charge on any atom is -0.390 e. The second kappa shape index (κ2) is 3.96. The maximum Gasteiger partial charge on any atom is 0.416 e. The first-order chi connectivity index (χ1) is 8.20. The summed E-state index contributed by atoms with van der Waals surface area (Å²) in [6.45, 7) is 1.73. The normalized spacial score (nSPS) is 32.1. The smallest absolute Gasteiger partial charge is 0.390 e. The predicted molar refractivity (Wildman–Crippen MR) is 62.0 cm³/mol. The van der Waals surface area contributed by atoms with E-state index in [0.29, 0.717) is 0 Å². The lowest BCUT2D eigenvalue weighted by Crippen LogP contribution is -2.57. The molecule has 1 aromatic carbocycles. The molecule has 0 saturated heterocycles. The summed E-state index contributed by atoms with van der Waals surface area (Å²) in [5.41, 5.74) is 3.54. The molecule has 0 radical (unpaired) electrons. The lowest BCUT2D eigenvalue weighted by molar-refractivity contribution is -0.141. The highest BCUT2D eigenvalue weighted by Gasteiger charge is 2.53. The van der Waals surface area contributed by atoms with E-state index in [0.717, 1.165) is 6.07 Å². The van der Waals surface area contributed by atoms with Gasteiger partial charge in [0.05, 0.1) is 11.2 Å². The Morgan fingerprint density at radius 3 is 2.28 bits per heavy atom. The molecule has 1 saturated carbocycles. The van der Waals surface area contributed by atoms with Crippen LogP contribution in [0.4, 0.5) is 13.2 Å². The van der Waals surface area contributed by atoms with E-state index in [1.807, 2.05) is 0 Å². The Kier molecular flexibility index (Phi) is 2.94. The van der Waals surface area contributed by atoms with Crippen LogP contribution in [-0.2, 0) is 11.6 Å². The number of halogens is 3. The maximum absolute atomic E-state index is 13.0. The molecule has 2 rings (SSSR count). The molecule has 5 heteroatoms. The Bertz CT molecular complexity index is 446. The van der Waals surface area contributed by atoms with Crippen LogP contribution in [-0.4, -0.2) is 17.3 Å². The molecule has 1 aliphatic rings. The molecule has 0 atom stereocenters. The van der Waals surface area contributed by atoms with Crippen LogP contribution >= 0.6 is 0 Å². The summed E-state index contributed by atoms with van der Waals surface area (Å²) in [6, 6.07) is 5.48. The summed E-state index contributed by atoms with van der Waals surface area (Å²) >= 11 is 0. The molecule has 18 heavy (non-hydrogen) atoms. The monoisotopic (exact) mass is 259 g/mol. The van der Waals surface area contributed by atoms with Gasteiger partial charge in [-0.25, -0.2) is 0 Å². The molecule has 0 bridgehead atoms. The third-order valence-electron chi connectivity index (χ3n) is 3.63. The number of rotatable bonds is 2.